The van der Waals surface area contributed by atoms with E-state index in [0.29, 0.717) is 29.1 Å². The van der Waals surface area contributed by atoms with Gasteiger partial charge in [0.05, 0.1) is 29.0 Å². The van der Waals surface area contributed by atoms with Gasteiger partial charge in [0, 0.05) is 16.5 Å². The van der Waals surface area contributed by atoms with E-state index in [1.165, 1.54) is 13.0 Å². The fraction of sp³-hybridized carbons (Fsp3) is 0.250. The molecule has 3 aromatic rings. The van der Waals surface area contributed by atoms with Crippen molar-refractivity contribution >= 4 is 28.7 Å². The minimum absolute atomic E-state index is 0.0273. The lowest BCUT2D eigenvalue weighted by Gasteiger charge is -2.31. The number of benzene rings is 1. The van der Waals surface area contributed by atoms with Gasteiger partial charge in [0.2, 0.25) is 0 Å². The van der Waals surface area contributed by atoms with Crippen molar-refractivity contribution in [2.45, 2.75) is 39.0 Å². The van der Waals surface area contributed by atoms with Crippen molar-refractivity contribution in [3.63, 3.8) is 0 Å². The van der Waals surface area contributed by atoms with Crippen LogP contribution in [0.1, 0.15) is 42.5 Å². The minimum atomic E-state index is -1.83. The van der Waals surface area contributed by atoms with Crippen molar-refractivity contribution in [3.8, 4) is 11.4 Å². The Labute approximate surface area is 177 Å². The van der Waals surface area contributed by atoms with Crippen LogP contribution in [0.15, 0.2) is 41.2 Å². The summed E-state index contributed by atoms with van der Waals surface area (Å²) in [6.07, 6.45) is 3.38. The highest BCUT2D eigenvalue weighted by Crippen LogP contribution is 2.38. The summed E-state index contributed by atoms with van der Waals surface area (Å²) in [5.41, 5.74) is 2.27. The van der Waals surface area contributed by atoms with Crippen LogP contribution in [0.25, 0.3) is 28.4 Å². The summed E-state index contributed by atoms with van der Waals surface area (Å²) in [7, 11) is 0. The number of fused-ring (bicyclic) bond motifs is 5. The van der Waals surface area contributed by atoms with Gasteiger partial charge in [-0.2, -0.15) is 0 Å². The molecule has 0 spiro atoms. The van der Waals surface area contributed by atoms with E-state index in [4.69, 9.17) is 9.72 Å². The predicted molar refractivity (Wildman–Crippen MR) is 114 cm³/mol. The highest BCUT2D eigenvalue weighted by Gasteiger charge is 2.45. The Kier molecular flexibility index (Phi) is 4.20. The Morgan fingerprint density at radius 2 is 2.10 bits per heavy atom. The maximum Gasteiger partial charge on any atom is 0.343 e. The Bertz CT molecular complexity index is 1380. The van der Waals surface area contributed by atoms with E-state index in [1.807, 2.05) is 24.3 Å². The number of carbonyl (C=O) groups excluding carboxylic acids is 2. The largest absolute Gasteiger partial charge is 0.458 e. The normalized spacial score (nSPS) is 19.3. The minimum Gasteiger partial charge on any atom is -0.458 e. The van der Waals surface area contributed by atoms with Gasteiger partial charge in [0.1, 0.15) is 6.61 Å². The van der Waals surface area contributed by atoms with E-state index in [1.54, 1.807) is 23.6 Å². The van der Waals surface area contributed by atoms with Crippen molar-refractivity contribution in [3.05, 3.63) is 69.0 Å². The highest BCUT2D eigenvalue weighted by molar-refractivity contribution is 5.93. The summed E-state index contributed by atoms with van der Waals surface area (Å²) in [6.45, 7) is 3.39. The second-order valence-corrected chi connectivity index (χ2v) is 8.00. The van der Waals surface area contributed by atoms with E-state index in [9.17, 15) is 19.5 Å². The van der Waals surface area contributed by atoms with Gasteiger partial charge >= 0.3 is 5.97 Å². The second kappa shape index (κ2) is 6.72. The first-order valence-corrected chi connectivity index (χ1v) is 10.1. The molecule has 0 saturated heterocycles. The van der Waals surface area contributed by atoms with Crippen LogP contribution in [0, 0.1) is 0 Å². The van der Waals surface area contributed by atoms with E-state index in [2.05, 4.69) is 0 Å². The van der Waals surface area contributed by atoms with Gasteiger partial charge in [-0.3, -0.25) is 9.59 Å². The average Bonchev–Trinajstić information content (AvgIpc) is 3.11. The first kappa shape index (κ1) is 19.4. The Hall–Kier alpha value is -3.58. The number of pyridine rings is 2. The van der Waals surface area contributed by atoms with Crippen molar-refractivity contribution in [1.29, 1.82) is 0 Å². The summed E-state index contributed by atoms with van der Waals surface area (Å²) < 4.78 is 6.71. The monoisotopic (exact) mass is 416 g/mol. The van der Waals surface area contributed by atoms with Gasteiger partial charge < -0.3 is 14.4 Å². The number of cyclic esters (lactones) is 1. The van der Waals surface area contributed by atoms with Crippen LogP contribution in [0.3, 0.4) is 0 Å². The predicted octanol–water partition coefficient (Wildman–Crippen LogP) is 2.68. The van der Waals surface area contributed by atoms with Crippen molar-refractivity contribution in [1.82, 2.24) is 9.55 Å². The van der Waals surface area contributed by atoms with E-state index in [0.717, 1.165) is 22.0 Å². The van der Waals surface area contributed by atoms with E-state index >= 15 is 0 Å². The van der Waals surface area contributed by atoms with Crippen LogP contribution in [0.5, 0.6) is 0 Å². The molecule has 0 bridgehead atoms. The average molecular weight is 416 g/mol. The van der Waals surface area contributed by atoms with Crippen molar-refractivity contribution in [2.75, 3.05) is 0 Å². The topological polar surface area (TPSA) is 98.5 Å². The number of aliphatic hydroxyl groups is 1. The van der Waals surface area contributed by atoms with Crippen LogP contribution in [-0.4, -0.2) is 26.4 Å². The van der Waals surface area contributed by atoms with Crippen LogP contribution in [0.2, 0.25) is 0 Å². The molecule has 0 radical (unpaired) electrons. The number of hydrogen-bond donors (Lipinski definition) is 1. The molecule has 2 aliphatic rings. The summed E-state index contributed by atoms with van der Waals surface area (Å²) in [5.74, 6) is -0.761. The summed E-state index contributed by atoms with van der Waals surface area (Å²) >= 11 is 0. The molecule has 4 heterocycles. The lowest BCUT2D eigenvalue weighted by Crippen LogP contribution is -2.44. The quantitative estimate of drug-likeness (QED) is 0.407. The van der Waals surface area contributed by atoms with Crippen molar-refractivity contribution in [2.24, 2.45) is 0 Å². The van der Waals surface area contributed by atoms with Gasteiger partial charge in [-0.25, -0.2) is 9.78 Å². The van der Waals surface area contributed by atoms with E-state index in [-0.39, 0.29) is 24.4 Å². The van der Waals surface area contributed by atoms with Gasteiger partial charge in [0.25, 0.3) is 5.56 Å². The molecule has 1 atom stereocenters. The Morgan fingerprint density at radius 1 is 1.29 bits per heavy atom. The molecule has 7 heteroatoms. The molecule has 0 unspecified atom stereocenters. The standard InChI is InChI=1S/C24H20N2O5/c1-3-24(30)18-10-20-21-16(11-26(20)22(28)17(18)12-31-23(24)29)9-15-8-14(5-4-13(2)27)6-7-19(15)25-21/h4-10,30H,3,11-12H2,1-2H3/b5-4+/t24-/m0/s1. The zero-order valence-corrected chi connectivity index (χ0v) is 17.1. The smallest absolute Gasteiger partial charge is 0.343 e. The molecule has 0 amide bonds. The Morgan fingerprint density at radius 3 is 2.84 bits per heavy atom. The summed E-state index contributed by atoms with van der Waals surface area (Å²) in [4.78, 5) is 41.4. The fourth-order valence-electron chi connectivity index (χ4n) is 4.32. The molecule has 2 aliphatic heterocycles. The van der Waals surface area contributed by atoms with Crippen LogP contribution in [-0.2, 0) is 33.1 Å². The number of ether oxygens (including phenoxy) is 1. The third-order valence-electron chi connectivity index (χ3n) is 6.04. The third-order valence-corrected chi connectivity index (χ3v) is 6.04. The van der Waals surface area contributed by atoms with Gasteiger partial charge in [0.15, 0.2) is 11.4 Å². The molecule has 1 N–H and O–H groups in total. The van der Waals surface area contributed by atoms with Crippen LogP contribution < -0.4 is 5.56 Å². The molecule has 1 aromatic carbocycles. The summed E-state index contributed by atoms with van der Waals surface area (Å²) in [6, 6.07) is 9.38. The molecule has 7 nitrogen and oxygen atoms in total. The maximum atomic E-state index is 13.2. The van der Waals surface area contributed by atoms with E-state index < -0.39 is 11.6 Å². The molecule has 2 aromatic heterocycles. The third kappa shape index (κ3) is 2.84. The zero-order valence-electron chi connectivity index (χ0n) is 17.1. The van der Waals surface area contributed by atoms with Crippen LogP contribution >= 0.6 is 0 Å². The van der Waals surface area contributed by atoms with Gasteiger partial charge in [-0.05, 0) is 49.2 Å². The highest BCUT2D eigenvalue weighted by atomic mass is 16.6. The maximum absolute atomic E-state index is 13.2. The number of aromatic nitrogens is 2. The molecule has 5 rings (SSSR count). The molecule has 0 fully saturated rings. The van der Waals surface area contributed by atoms with Gasteiger partial charge in [-0.1, -0.05) is 19.1 Å². The number of allylic oxidation sites excluding steroid dienone is 1. The number of ketones is 1. The number of esters is 1. The lowest BCUT2D eigenvalue weighted by molar-refractivity contribution is -0.172. The first-order valence-electron chi connectivity index (χ1n) is 10.1. The molecular formula is C24H20N2O5. The van der Waals surface area contributed by atoms with Gasteiger partial charge in [-0.15, -0.1) is 0 Å². The number of nitrogens with zero attached hydrogens (tertiary/aromatic N) is 2. The number of rotatable bonds is 3. The first-order chi connectivity index (χ1) is 14.8. The lowest BCUT2D eigenvalue weighted by atomic mass is 9.86. The molecule has 0 saturated carbocycles. The summed E-state index contributed by atoms with van der Waals surface area (Å²) in [5, 5.41) is 11.8. The molecule has 0 aliphatic carbocycles. The number of hydrogen-bond acceptors (Lipinski definition) is 6. The second-order valence-electron chi connectivity index (χ2n) is 8.00. The number of carbonyl (C=O) groups is 2. The van der Waals surface area contributed by atoms with Crippen molar-refractivity contribution < 1.29 is 19.4 Å². The fourth-order valence-corrected chi connectivity index (χ4v) is 4.32. The SMILES string of the molecule is CC[C@@]1(O)C(=O)OCc2c1cc1n(c2=O)Cc2cc3cc(/C=C/C(C)=O)ccc3nc2-1. The van der Waals surface area contributed by atoms with Crippen LogP contribution in [0.4, 0.5) is 0 Å². The molecule has 156 valence electrons. The Balaban J connectivity index is 1.68. The zero-order chi connectivity index (χ0) is 21.9. The molecule has 31 heavy (non-hydrogen) atoms. The molecular weight excluding hydrogens is 396 g/mol.